The molecule has 3 aromatic carbocycles. The van der Waals surface area contributed by atoms with E-state index in [4.69, 9.17) is 10.5 Å². The van der Waals surface area contributed by atoms with Crippen LogP contribution in [-0.2, 0) is 6.54 Å². The summed E-state index contributed by atoms with van der Waals surface area (Å²) in [5, 5.41) is 2.49. The zero-order valence-electron chi connectivity index (χ0n) is 18.3. The topological polar surface area (TPSA) is 41.7 Å². The van der Waals surface area contributed by atoms with Crippen LogP contribution in [0.5, 0.6) is 5.75 Å². The highest BCUT2D eigenvalue weighted by molar-refractivity contribution is 5.91. The maximum Gasteiger partial charge on any atom is 0.126 e. The molecule has 32 heavy (non-hydrogen) atoms. The van der Waals surface area contributed by atoms with Crippen molar-refractivity contribution in [3.05, 3.63) is 77.9 Å². The number of halogens is 3. The molecule has 4 rings (SSSR count). The van der Waals surface area contributed by atoms with Crippen LogP contribution in [0.1, 0.15) is 11.1 Å². The lowest BCUT2D eigenvalue weighted by atomic mass is 10.0. The van der Waals surface area contributed by atoms with E-state index in [1.165, 1.54) is 21.9 Å². The summed E-state index contributed by atoms with van der Waals surface area (Å²) >= 11 is 0. The van der Waals surface area contributed by atoms with E-state index in [9.17, 15) is 0 Å². The summed E-state index contributed by atoms with van der Waals surface area (Å²) in [6.07, 6.45) is 4.42. The monoisotopic (exact) mass is 495 g/mol. The van der Waals surface area contributed by atoms with Crippen LogP contribution in [0.3, 0.4) is 0 Å². The number of benzene rings is 3. The highest BCUT2D eigenvalue weighted by Gasteiger charge is 2.17. The quantitative estimate of drug-likeness (QED) is 0.456. The molecule has 4 nitrogen and oxygen atoms in total. The van der Waals surface area contributed by atoms with Crippen molar-refractivity contribution in [1.29, 1.82) is 0 Å². The van der Waals surface area contributed by atoms with Gasteiger partial charge in [-0.25, -0.2) is 0 Å². The first-order valence-electron chi connectivity index (χ1n) is 10.2. The molecule has 1 heterocycles. The van der Waals surface area contributed by atoms with Gasteiger partial charge in [0.15, 0.2) is 0 Å². The maximum atomic E-state index is 5.74. The minimum absolute atomic E-state index is 0. The third-order valence-corrected chi connectivity index (χ3v) is 5.66. The number of anilines is 1. The van der Waals surface area contributed by atoms with Gasteiger partial charge in [0.05, 0.1) is 7.11 Å². The van der Waals surface area contributed by atoms with Crippen molar-refractivity contribution in [2.75, 3.05) is 45.6 Å². The third kappa shape index (κ3) is 7.03. The Morgan fingerprint density at radius 2 is 1.44 bits per heavy atom. The van der Waals surface area contributed by atoms with Gasteiger partial charge < -0.3 is 10.5 Å². The lowest BCUT2D eigenvalue weighted by Gasteiger charge is -2.34. The number of nitrogens with two attached hydrogens (primary N) is 1. The van der Waals surface area contributed by atoms with Gasteiger partial charge in [0.25, 0.3) is 0 Å². The highest BCUT2D eigenvalue weighted by Crippen LogP contribution is 2.29. The molecule has 2 N–H and O–H groups in total. The molecule has 1 aliphatic rings. The minimum Gasteiger partial charge on any atom is -0.496 e. The number of rotatable bonds is 6. The lowest BCUT2D eigenvalue weighted by molar-refractivity contribution is 0.137. The van der Waals surface area contributed by atoms with Gasteiger partial charge in [-0.15, -0.1) is 37.2 Å². The van der Waals surface area contributed by atoms with Crippen molar-refractivity contribution in [2.45, 2.75) is 6.54 Å². The summed E-state index contributed by atoms with van der Waals surface area (Å²) in [5.41, 5.74) is 9.12. The zero-order valence-corrected chi connectivity index (χ0v) is 20.7. The van der Waals surface area contributed by atoms with Crippen molar-refractivity contribution in [3.63, 3.8) is 0 Å². The van der Waals surface area contributed by atoms with E-state index in [1.54, 1.807) is 7.11 Å². The van der Waals surface area contributed by atoms with Crippen molar-refractivity contribution in [2.24, 2.45) is 0 Å². The van der Waals surface area contributed by atoms with Crippen molar-refractivity contribution < 1.29 is 4.74 Å². The Morgan fingerprint density at radius 3 is 2.09 bits per heavy atom. The molecular formula is C25H32Cl3N3O. The maximum absolute atomic E-state index is 5.74. The number of hydrogen-bond acceptors (Lipinski definition) is 4. The fraction of sp³-hybridized carbons (Fsp3) is 0.280. The first kappa shape index (κ1) is 28.1. The number of nitrogen functional groups attached to an aromatic ring is 1. The van der Waals surface area contributed by atoms with Crippen LogP contribution in [0, 0.1) is 0 Å². The Morgan fingerprint density at radius 1 is 0.812 bits per heavy atom. The third-order valence-electron chi connectivity index (χ3n) is 5.66. The van der Waals surface area contributed by atoms with Gasteiger partial charge in [0.2, 0.25) is 0 Å². The van der Waals surface area contributed by atoms with Gasteiger partial charge >= 0.3 is 0 Å². The summed E-state index contributed by atoms with van der Waals surface area (Å²) in [4.78, 5) is 5.06. The van der Waals surface area contributed by atoms with Crippen LogP contribution in [0.15, 0.2) is 66.7 Å². The average molecular weight is 497 g/mol. The molecule has 1 saturated heterocycles. The summed E-state index contributed by atoms with van der Waals surface area (Å²) in [5.74, 6) is 0.946. The SMILES string of the molecule is COc1ccc(CN2CCN(C/C=C/c3ccc(N)cc3)CC2)c2ccccc12.Cl.Cl.Cl. The van der Waals surface area contributed by atoms with E-state index in [1.807, 2.05) is 12.1 Å². The van der Waals surface area contributed by atoms with Gasteiger partial charge in [-0.05, 0) is 34.7 Å². The van der Waals surface area contributed by atoms with Crippen LogP contribution < -0.4 is 10.5 Å². The van der Waals surface area contributed by atoms with E-state index < -0.39 is 0 Å². The number of fused-ring (bicyclic) bond motifs is 1. The van der Waals surface area contributed by atoms with Crippen molar-refractivity contribution in [3.8, 4) is 5.75 Å². The second-order valence-electron chi connectivity index (χ2n) is 7.62. The fourth-order valence-corrected chi connectivity index (χ4v) is 3.97. The van der Waals surface area contributed by atoms with E-state index >= 15 is 0 Å². The summed E-state index contributed by atoms with van der Waals surface area (Å²) in [6, 6.07) is 20.8. The molecule has 0 spiro atoms. The lowest BCUT2D eigenvalue weighted by Crippen LogP contribution is -2.45. The van der Waals surface area contributed by atoms with E-state index in [2.05, 4.69) is 70.5 Å². The van der Waals surface area contributed by atoms with Crippen LogP contribution in [0.25, 0.3) is 16.8 Å². The van der Waals surface area contributed by atoms with Crippen LogP contribution in [0.2, 0.25) is 0 Å². The smallest absolute Gasteiger partial charge is 0.126 e. The number of nitrogens with zero attached hydrogens (tertiary/aromatic N) is 2. The van der Waals surface area contributed by atoms with Gasteiger partial charge in [0.1, 0.15) is 5.75 Å². The Kier molecular flexibility index (Phi) is 11.9. The number of methoxy groups -OCH3 is 1. The molecule has 0 amide bonds. The first-order valence-corrected chi connectivity index (χ1v) is 10.2. The Balaban J connectivity index is 0.00000171. The predicted molar refractivity (Wildman–Crippen MR) is 144 cm³/mol. The van der Waals surface area contributed by atoms with E-state index in [0.717, 1.165) is 50.7 Å². The molecule has 1 fully saturated rings. The standard InChI is InChI=1S/C25H29N3O.3ClH/c1-29-25-13-10-21(23-6-2-3-7-24(23)25)19-28-17-15-27(16-18-28)14-4-5-20-8-11-22(26)12-9-20;;;/h2-13H,14-19,26H2,1H3;3*1H/b5-4+;;;. The van der Waals surface area contributed by atoms with E-state index in [0.29, 0.717) is 0 Å². The molecule has 1 aliphatic heterocycles. The Bertz CT molecular complexity index is 987. The largest absolute Gasteiger partial charge is 0.496 e. The molecule has 3 aromatic rings. The fourth-order valence-electron chi connectivity index (χ4n) is 3.97. The summed E-state index contributed by atoms with van der Waals surface area (Å²) in [7, 11) is 1.74. The molecule has 0 aromatic heterocycles. The number of hydrogen-bond donors (Lipinski definition) is 1. The average Bonchev–Trinajstić information content (AvgIpc) is 2.76. The van der Waals surface area contributed by atoms with E-state index in [-0.39, 0.29) is 37.2 Å². The predicted octanol–water partition coefficient (Wildman–Crippen LogP) is 5.53. The van der Waals surface area contributed by atoms with Crippen molar-refractivity contribution >= 4 is 59.8 Å². The number of ether oxygens (including phenoxy) is 1. The molecule has 0 radical (unpaired) electrons. The van der Waals surface area contributed by atoms with Crippen LogP contribution in [-0.4, -0.2) is 49.6 Å². The summed E-state index contributed by atoms with van der Waals surface area (Å²) < 4.78 is 5.53. The number of piperazine rings is 1. The molecular weight excluding hydrogens is 465 g/mol. The molecule has 174 valence electrons. The highest BCUT2D eigenvalue weighted by atomic mass is 35.5. The Labute approximate surface area is 209 Å². The zero-order chi connectivity index (χ0) is 20.1. The van der Waals surface area contributed by atoms with Gasteiger partial charge in [-0.1, -0.05) is 54.6 Å². The molecule has 7 heteroatoms. The molecule has 0 unspecified atom stereocenters. The van der Waals surface area contributed by atoms with Crippen LogP contribution in [0.4, 0.5) is 5.69 Å². The Hall–Kier alpha value is -1.95. The summed E-state index contributed by atoms with van der Waals surface area (Å²) in [6.45, 7) is 6.36. The van der Waals surface area contributed by atoms with Gasteiger partial charge in [0, 0.05) is 50.3 Å². The molecule has 0 saturated carbocycles. The molecule has 0 aliphatic carbocycles. The minimum atomic E-state index is 0. The second-order valence-corrected chi connectivity index (χ2v) is 7.62. The van der Waals surface area contributed by atoms with Crippen molar-refractivity contribution in [1.82, 2.24) is 9.80 Å². The molecule has 0 bridgehead atoms. The second kappa shape index (κ2) is 13.6. The van der Waals surface area contributed by atoms with Crippen LogP contribution >= 0.6 is 37.2 Å². The normalized spacial score (nSPS) is 14.4. The van der Waals surface area contributed by atoms with Gasteiger partial charge in [-0.3, -0.25) is 9.80 Å². The first-order chi connectivity index (χ1) is 14.2. The van der Waals surface area contributed by atoms with Gasteiger partial charge in [-0.2, -0.15) is 0 Å². The molecule has 0 atom stereocenters.